The smallest absolute Gasteiger partial charge is 0.0819 e. The van der Waals surface area contributed by atoms with Crippen molar-refractivity contribution >= 4 is 11.6 Å². The minimum atomic E-state index is 0.228. The fraction of sp³-hybridized carbons (Fsp3) is 0.400. The lowest BCUT2D eigenvalue weighted by atomic mass is 10.0. The molecule has 2 aromatic rings. The third kappa shape index (κ3) is 3.17. The van der Waals surface area contributed by atoms with Crippen molar-refractivity contribution in [3.8, 4) is 5.69 Å². The molecule has 0 spiro atoms. The van der Waals surface area contributed by atoms with E-state index < -0.39 is 0 Å². The summed E-state index contributed by atoms with van der Waals surface area (Å²) in [5.41, 5.74) is 10.3. The Balaban J connectivity index is 2.29. The van der Waals surface area contributed by atoms with Crippen LogP contribution >= 0.6 is 11.6 Å². The molecule has 0 aliphatic heterocycles. The second-order valence-electron chi connectivity index (χ2n) is 5.00. The molecule has 0 bridgehead atoms. The summed E-state index contributed by atoms with van der Waals surface area (Å²) < 4.78 is 1.83. The molecule has 0 radical (unpaired) electrons. The molecule has 1 atom stereocenters. The van der Waals surface area contributed by atoms with Crippen LogP contribution in [0.1, 0.15) is 30.2 Å². The Labute approximate surface area is 119 Å². The number of hydrogen-bond donors (Lipinski definition) is 1. The van der Waals surface area contributed by atoms with Crippen molar-refractivity contribution in [2.45, 2.75) is 39.7 Å². The van der Waals surface area contributed by atoms with Gasteiger partial charge in [0.05, 0.1) is 16.4 Å². The number of aryl methyl sites for hydroxylation is 2. The van der Waals surface area contributed by atoms with E-state index in [0.29, 0.717) is 5.02 Å². The molecule has 1 aromatic carbocycles. The van der Waals surface area contributed by atoms with Gasteiger partial charge >= 0.3 is 0 Å². The van der Waals surface area contributed by atoms with Crippen molar-refractivity contribution in [1.29, 1.82) is 0 Å². The highest BCUT2D eigenvalue weighted by atomic mass is 35.5. The third-order valence-corrected chi connectivity index (χ3v) is 3.74. The molecular weight excluding hydrogens is 258 g/mol. The first-order chi connectivity index (χ1) is 9.01. The summed E-state index contributed by atoms with van der Waals surface area (Å²) in [7, 11) is 0. The van der Waals surface area contributed by atoms with Crippen molar-refractivity contribution in [3.05, 3.63) is 46.2 Å². The number of benzene rings is 1. The molecule has 1 heterocycles. The predicted octanol–water partition coefficient (Wildman–Crippen LogP) is 3.42. The summed E-state index contributed by atoms with van der Waals surface area (Å²) in [6.07, 6.45) is 3.75. The average Bonchev–Trinajstić information content (AvgIpc) is 2.69. The zero-order valence-corrected chi connectivity index (χ0v) is 12.4. The number of halogens is 1. The maximum Gasteiger partial charge on any atom is 0.0819 e. The van der Waals surface area contributed by atoms with Gasteiger partial charge in [-0.05, 0) is 43.9 Å². The van der Waals surface area contributed by atoms with Crippen LogP contribution in [0.3, 0.4) is 0 Å². The topological polar surface area (TPSA) is 43.8 Å². The fourth-order valence-corrected chi connectivity index (χ4v) is 2.24. The van der Waals surface area contributed by atoms with Gasteiger partial charge in [0.15, 0.2) is 0 Å². The number of nitrogens with two attached hydrogens (primary N) is 1. The molecular formula is C15H20ClN3. The van der Waals surface area contributed by atoms with Crippen LogP contribution in [0.2, 0.25) is 5.02 Å². The fourth-order valence-electron chi connectivity index (χ4n) is 2.11. The maximum absolute atomic E-state index is 6.05. The predicted molar refractivity (Wildman–Crippen MR) is 80.0 cm³/mol. The van der Waals surface area contributed by atoms with E-state index in [1.807, 2.05) is 17.8 Å². The van der Waals surface area contributed by atoms with Crippen LogP contribution < -0.4 is 5.73 Å². The largest absolute Gasteiger partial charge is 0.327 e. The first-order valence-corrected chi connectivity index (χ1v) is 6.96. The molecule has 0 saturated carbocycles. The highest BCUT2D eigenvalue weighted by Gasteiger charge is 2.08. The highest BCUT2D eigenvalue weighted by Crippen LogP contribution is 2.20. The lowest BCUT2D eigenvalue weighted by Crippen LogP contribution is -2.21. The Morgan fingerprint density at radius 3 is 2.63 bits per heavy atom. The van der Waals surface area contributed by atoms with E-state index in [0.717, 1.165) is 24.2 Å². The standard InChI is InChI=1S/C15H20ClN3/c1-4-13(17)8-12-5-6-15(10(2)7-12)19-9-14(16)11(3)18-19/h5-7,9,13H,4,8,17H2,1-3H3. The molecule has 1 aromatic heterocycles. The van der Waals surface area contributed by atoms with Crippen LogP contribution in [-0.4, -0.2) is 15.8 Å². The van der Waals surface area contributed by atoms with Crippen molar-refractivity contribution in [2.75, 3.05) is 0 Å². The van der Waals surface area contributed by atoms with Crippen molar-refractivity contribution in [3.63, 3.8) is 0 Å². The van der Waals surface area contributed by atoms with Crippen molar-refractivity contribution in [1.82, 2.24) is 9.78 Å². The number of nitrogens with zero attached hydrogens (tertiary/aromatic N) is 2. The molecule has 0 aliphatic rings. The van der Waals surface area contributed by atoms with Gasteiger partial charge in [-0.25, -0.2) is 4.68 Å². The van der Waals surface area contributed by atoms with Crippen molar-refractivity contribution in [2.24, 2.45) is 5.73 Å². The first kappa shape index (κ1) is 14.1. The first-order valence-electron chi connectivity index (χ1n) is 6.58. The number of hydrogen-bond acceptors (Lipinski definition) is 2. The van der Waals surface area contributed by atoms with Crippen LogP contribution in [0.4, 0.5) is 0 Å². The van der Waals surface area contributed by atoms with Gasteiger partial charge in [-0.2, -0.15) is 5.10 Å². The van der Waals surface area contributed by atoms with Crippen LogP contribution in [0.15, 0.2) is 24.4 Å². The quantitative estimate of drug-likeness (QED) is 0.931. The van der Waals surface area contributed by atoms with Crippen LogP contribution in [0.25, 0.3) is 5.69 Å². The van der Waals surface area contributed by atoms with Gasteiger partial charge in [0.25, 0.3) is 0 Å². The molecule has 2 N–H and O–H groups in total. The molecule has 2 rings (SSSR count). The number of rotatable bonds is 4. The minimum absolute atomic E-state index is 0.228. The van der Waals surface area contributed by atoms with Gasteiger partial charge in [-0.3, -0.25) is 0 Å². The van der Waals surface area contributed by atoms with E-state index in [1.54, 1.807) is 0 Å². The monoisotopic (exact) mass is 277 g/mol. The van der Waals surface area contributed by atoms with Crippen LogP contribution in [-0.2, 0) is 6.42 Å². The maximum atomic E-state index is 6.05. The molecule has 19 heavy (non-hydrogen) atoms. The zero-order valence-electron chi connectivity index (χ0n) is 11.7. The van der Waals surface area contributed by atoms with E-state index in [4.69, 9.17) is 17.3 Å². The molecule has 4 heteroatoms. The molecule has 102 valence electrons. The molecule has 0 amide bonds. The summed E-state index contributed by atoms with van der Waals surface area (Å²) in [5, 5.41) is 5.10. The summed E-state index contributed by atoms with van der Waals surface area (Å²) in [6.45, 7) is 6.10. The van der Waals surface area contributed by atoms with Crippen LogP contribution in [0, 0.1) is 13.8 Å². The van der Waals surface area contributed by atoms with Gasteiger partial charge in [0, 0.05) is 12.2 Å². The zero-order chi connectivity index (χ0) is 14.0. The van der Waals surface area contributed by atoms with Gasteiger partial charge in [0.1, 0.15) is 0 Å². The lowest BCUT2D eigenvalue weighted by Gasteiger charge is -2.11. The van der Waals surface area contributed by atoms with Gasteiger partial charge in [-0.1, -0.05) is 30.7 Å². The Morgan fingerprint density at radius 2 is 2.11 bits per heavy atom. The SMILES string of the molecule is CCC(N)Cc1ccc(-n2cc(Cl)c(C)n2)c(C)c1. The third-order valence-electron chi connectivity index (χ3n) is 3.37. The Kier molecular flexibility index (Phi) is 4.27. The normalized spacial score (nSPS) is 12.7. The Bertz CT molecular complexity index is 555. The van der Waals surface area contributed by atoms with Crippen LogP contribution in [0.5, 0.6) is 0 Å². The van der Waals surface area contributed by atoms with E-state index in [9.17, 15) is 0 Å². The second kappa shape index (κ2) is 5.76. The van der Waals surface area contributed by atoms with Gasteiger partial charge in [0.2, 0.25) is 0 Å². The van der Waals surface area contributed by atoms with E-state index in [1.165, 1.54) is 11.1 Å². The summed E-state index contributed by atoms with van der Waals surface area (Å²) in [5.74, 6) is 0. The van der Waals surface area contributed by atoms with Gasteiger partial charge in [-0.15, -0.1) is 0 Å². The molecule has 0 saturated heterocycles. The summed E-state index contributed by atoms with van der Waals surface area (Å²) in [4.78, 5) is 0. The average molecular weight is 278 g/mol. The lowest BCUT2D eigenvalue weighted by molar-refractivity contribution is 0.646. The Morgan fingerprint density at radius 1 is 1.37 bits per heavy atom. The summed E-state index contributed by atoms with van der Waals surface area (Å²) in [6, 6.07) is 6.60. The summed E-state index contributed by atoms with van der Waals surface area (Å²) >= 11 is 6.05. The molecule has 3 nitrogen and oxygen atoms in total. The highest BCUT2D eigenvalue weighted by molar-refractivity contribution is 6.31. The Hall–Kier alpha value is -1.32. The van der Waals surface area contributed by atoms with E-state index in [2.05, 4.69) is 37.1 Å². The number of aromatic nitrogens is 2. The van der Waals surface area contributed by atoms with E-state index in [-0.39, 0.29) is 6.04 Å². The second-order valence-corrected chi connectivity index (χ2v) is 5.41. The molecule has 0 fully saturated rings. The van der Waals surface area contributed by atoms with Crippen molar-refractivity contribution < 1.29 is 0 Å². The minimum Gasteiger partial charge on any atom is -0.327 e. The molecule has 0 aliphatic carbocycles. The van der Waals surface area contributed by atoms with E-state index >= 15 is 0 Å². The molecule has 1 unspecified atom stereocenters. The van der Waals surface area contributed by atoms with Gasteiger partial charge < -0.3 is 5.73 Å².